The van der Waals surface area contributed by atoms with Crippen LogP contribution in [0.3, 0.4) is 0 Å². The molecule has 4 amide bonds. The summed E-state index contributed by atoms with van der Waals surface area (Å²) in [5.74, 6) is -3.05. The van der Waals surface area contributed by atoms with E-state index in [0.717, 1.165) is 25.7 Å². The van der Waals surface area contributed by atoms with Gasteiger partial charge in [0.05, 0.1) is 29.8 Å². The molecule has 8 rings (SSSR count). The molecular weight excluding hydrogens is 774 g/mol. The molecule has 4 aromatic rings. The van der Waals surface area contributed by atoms with Crippen molar-refractivity contribution in [2.24, 2.45) is 11.8 Å². The van der Waals surface area contributed by atoms with Crippen LogP contribution in [0.15, 0.2) is 53.5 Å². The normalized spacial score (nSPS) is 23.9. The van der Waals surface area contributed by atoms with Gasteiger partial charge in [-0.05, 0) is 75.1 Å². The average molecular weight is 820 g/mol. The first-order chi connectivity index (χ1) is 27.7. The summed E-state index contributed by atoms with van der Waals surface area (Å²) in [7, 11) is -2.44. The number of carbonyl (C=O) groups excluding carboxylic acids is 4. The largest absolute Gasteiger partial charge is 0.496 e. The molecule has 1 saturated heterocycles. The fourth-order valence-corrected chi connectivity index (χ4v) is 9.62. The number of nitrogens with one attached hydrogen (secondary N) is 3. The van der Waals surface area contributed by atoms with Gasteiger partial charge >= 0.3 is 6.09 Å². The van der Waals surface area contributed by atoms with Gasteiger partial charge in [0, 0.05) is 23.8 Å². The zero-order valence-corrected chi connectivity index (χ0v) is 33.2. The lowest BCUT2D eigenvalue weighted by molar-refractivity contribution is -0.141. The van der Waals surface area contributed by atoms with Crippen LogP contribution < -0.4 is 24.8 Å². The predicted octanol–water partition coefficient (Wildman–Crippen LogP) is 4.99. The van der Waals surface area contributed by atoms with Crippen LogP contribution in [0.5, 0.6) is 11.5 Å². The van der Waals surface area contributed by atoms with Crippen molar-refractivity contribution in [1.29, 1.82) is 0 Å². The van der Waals surface area contributed by atoms with Crippen LogP contribution in [-0.4, -0.2) is 90.9 Å². The Morgan fingerprint density at radius 3 is 2.52 bits per heavy atom. The average Bonchev–Trinajstić information content (AvgIpc) is 4.01. The number of fused-ring (bicyclic) bond motifs is 4. The highest BCUT2D eigenvalue weighted by molar-refractivity contribution is 7.91. The Kier molecular flexibility index (Phi) is 10.2. The van der Waals surface area contributed by atoms with Gasteiger partial charge in [-0.3, -0.25) is 19.1 Å². The van der Waals surface area contributed by atoms with Gasteiger partial charge in [0.25, 0.3) is 5.91 Å². The number of methoxy groups -OCH3 is 1. The molecule has 308 valence electrons. The SMILES string of the molecule is C=C[C@@H]1CC1(NC(=O)[C@@H]1C[C@@H](Oc2c3ccc(F)cc3nc3c2oc2cccc(OC)c23)CN1C(=O)[C@@H](NC(=O)OC1CCCC1)C(C)C)C(=O)NS(=O)(=O)C1CC1. The van der Waals surface area contributed by atoms with Crippen LogP contribution in [0.2, 0.25) is 0 Å². The van der Waals surface area contributed by atoms with Crippen molar-refractivity contribution in [2.75, 3.05) is 13.7 Å². The number of nitrogens with zero attached hydrogens (tertiary/aromatic N) is 2. The van der Waals surface area contributed by atoms with E-state index < -0.39 is 80.5 Å². The molecule has 0 spiro atoms. The summed E-state index contributed by atoms with van der Waals surface area (Å²) in [6.07, 6.45) is 3.81. The van der Waals surface area contributed by atoms with Gasteiger partial charge in [-0.15, -0.1) is 6.58 Å². The Hall–Kier alpha value is -5.45. The minimum absolute atomic E-state index is 0.0816. The van der Waals surface area contributed by atoms with Crippen LogP contribution in [0.1, 0.15) is 65.2 Å². The molecule has 4 aliphatic rings. The molecule has 3 saturated carbocycles. The summed E-state index contributed by atoms with van der Waals surface area (Å²) in [4.78, 5) is 61.8. The number of rotatable bonds is 13. The molecule has 1 unspecified atom stereocenters. The highest BCUT2D eigenvalue weighted by atomic mass is 32.2. The number of aromatic nitrogens is 1. The molecule has 58 heavy (non-hydrogen) atoms. The maximum absolute atomic E-state index is 14.6. The minimum Gasteiger partial charge on any atom is -0.496 e. The first kappa shape index (κ1) is 39.4. The van der Waals surface area contributed by atoms with Crippen molar-refractivity contribution in [3.63, 3.8) is 0 Å². The summed E-state index contributed by atoms with van der Waals surface area (Å²) in [5.41, 5.74) is -0.324. The molecule has 2 aromatic carbocycles. The smallest absolute Gasteiger partial charge is 0.408 e. The number of carbonyl (C=O) groups is 4. The summed E-state index contributed by atoms with van der Waals surface area (Å²) < 4.78 is 66.6. The number of hydrogen-bond acceptors (Lipinski definition) is 11. The van der Waals surface area contributed by atoms with Gasteiger partial charge in [0.1, 0.15) is 52.5 Å². The van der Waals surface area contributed by atoms with Crippen molar-refractivity contribution < 1.29 is 50.6 Å². The summed E-state index contributed by atoms with van der Waals surface area (Å²) >= 11 is 0. The third-order valence-corrected chi connectivity index (χ3v) is 13.5. The van der Waals surface area contributed by atoms with Gasteiger partial charge in [0.2, 0.25) is 21.8 Å². The zero-order valence-electron chi connectivity index (χ0n) is 32.4. The maximum Gasteiger partial charge on any atom is 0.408 e. The Balaban J connectivity index is 1.14. The maximum atomic E-state index is 14.6. The quantitative estimate of drug-likeness (QED) is 0.154. The van der Waals surface area contributed by atoms with Crippen LogP contribution >= 0.6 is 0 Å². The van der Waals surface area contributed by atoms with Crippen LogP contribution in [0.25, 0.3) is 33.0 Å². The van der Waals surface area contributed by atoms with E-state index in [1.807, 2.05) is 0 Å². The third-order valence-electron chi connectivity index (χ3n) is 11.7. The molecule has 5 atom stereocenters. The van der Waals surface area contributed by atoms with Gasteiger partial charge in [-0.2, -0.15) is 0 Å². The van der Waals surface area contributed by atoms with Crippen molar-refractivity contribution in [3.8, 4) is 11.5 Å². The Bertz CT molecular complexity index is 2450. The fourth-order valence-electron chi connectivity index (χ4n) is 8.25. The van der Waals surface area contributed by atoms with Crippen molar-refractivity contribution in [2.45, 2.75) is 100 Å². The molecular formula is C41H46FN5O10S. The summed E-state index contributed by atoms with van der Waals surface area (Å²) in [6.45, 7) is 7.14. The number of sulfonamides is 1. The van der Waals surface area contributed by atoms with E-state index in [1.165, 1.54) is 36.3 Å². The number of halogens is 1. The van der Waals surface area contributed by atoms with E-state index in [9.17, 15) is 32.0 Å². The van der Waals surface area contributed by atoms with E-state index in [4.69, 9.17) is 23.6 Å². The molecule has 1 aliphatic heterocycles. The second-order valence-electron chi connectivity index (χ2n) is 16.1. The van der Waals surface area contributed by atoms with E-state index in [2.05, 4.69) is 21.9 Å². The van der Waals surface area contributed by atoms with Crippen LogP contribution in [0, 0.1) is 17.7 Å². The number of hydrogen-bond donors (Lipinski definition) is 3. The number of ether oxygens (including phenoxy) is 3. The molecule has 2 aromatic heterocycles. The van der Waals surface area contributed by atoms with Gasteiger partial charge in [-0.25, -0.2) is 22.6 Å². The third kappa shape index (κ3) is 7.28. The molecule has 3 aliphatic carbocycles. The first-order valence-electron chi connectivity index (χ1n) is 19.7. The number of alkyl carbamates (subject to hydrolysis) is 1. The predicted molar refractivity (Wildman–Crippen MR) is 210 cm³/mol. The molecule has 15 nitrogen and oxygen atoms in total. The first-order valence-corrected chi connectivity index (χ1v) is 21.2. The second kappa shape index (κ2) is 15.1. The molecule has 3 heterocycles. The molecule has 4 fully saturated rings. The zero-order chi connectivity index (χ0) is 41.1. The number of benzene rings is 2. The van der Waals surface area contributed by atoms with Crippen LogP contribution in [0.4, 0.5) is 9.18 Å². The molecule has 17 heteroatoms. The topological polar surface area (TPSA) is 195 Å². The van der Waals surface area contributed by atoms with E-state index >= 15 is 0 Å². The fraction of sp³-hybridized carbons (Fsp3) is 0.488. The Labute approximate surface area is 334 Å². The standard InChI is InChI=1S/C41H46FN5O10S/c1-5-22-19-41(22,39(50)46-58(52,53)26-14-15-26)45-37(48)29-18-25(20-47(29)38(49)33(21(2)3)44-40(51)56-24-9-6-7-10-24)55-35-27-16-13-23(42)17-28(27)43-34-32-30(54-4)11-8-12-31(32)57-36(34)35/h5,8,11-13,16-17,21-22,24-26,29,33H,1,6-7,9-10,14-15,18-20H2,2-4H3,(H,44,51)(H,45,48)(H,46,50)/t22-,25-,29+,33+,41?/m1/s1. The molecule has 0 bridgehead atoms. The lowest BCUT2D eigenvalue weighted by Gasteiger charge is -2.31. The van der Waals surface area contributed by atoms with Gasteiger partial charge in [-0.1, -0.05) is 26.0 Å². The number of furan rings is 1. The van der Waals surface area contributed by atoms with Crippen molar-refractivity contribution in [3.05, 3.63) is 54.9 Å². The Morgan fingerprint density at radius 1 is 1.09 bits per heavy atom. The monoisotopic (exact) mass is 819 g/mol. The minimum atomic E-state index is -3.94. The van der Waals surface area contributed by atoms with Gasteiger partial charge in [0.15, 0.2) is 11.3 Å². The summed E-state index contributed by atoms with van der Waals surface area (Å²) in [6, 6.07) is 6.92. The lowest BCUT2D eigenvalue weighted by atomic mass is 10.0. The number of likely N-dealkylation sites (tertiary alicyclic amines) is 1. The molecule has 3 N–H and O–H groups in total. The highest BCUT2D eigenvalue weighted by Gasteiger charge is 2.62. The van der Waals surface area contributed by atoms with Crippen molar-refractivity contribution >= 4 is 66.8 Å². The second-order valence-corrected chi connectivity index (χ2v) is 18.0. The van der Waals surface area contributed by atoms with E-state index in [0.29, 0.717) is 40.5 Å². The lowest BCUT2D eigenvalue weighted by Crippen LogP contribution is -2.59. The van der Waals surface area contributed by atoms with Crippen LogP contribution in [-0.2, 0) is 29.1 Å². The van der Waals surface area contributed by atoms with Crippen molar-refractivity contribution in [1.82, 2.24) is 25.2 Å². The summed E-state index contributed by atoms with van der Waals surface area (Å²) in [5, 5.41) is 5.78. The van der Waals surface area contributed by atoms with E-state index in [-0.39, 0.29) is 42.3 Å². The van der Waals surface area contributed by atoms with E-state index in [1.54, 1.807) is 32.0 Å². The number of pyridine rings is 1. The Morgan fingerprint density at radius 2 is 1.84 bits per heavy atom. The van der Waals surface area contributed by atoms with Gasteiger partial charge < -0.3 is 34.2 Å². The molecule has 0 radical (unpaired) electrons. The number of amides is 4. The highest BCUT2D eigenvalue weighted by Crippen LogP contribution is 2.46.